The van der Waals surface area contributed by atoms with Crippen molar-refractivity contribution >= 4 is 62.1 Å². The van der Waals surface area contributed by atoms with E-state index >= 15 is 0 Å². The van der Waals surface area contributed by atoms with Gasteiger partial charge in [0.15, 0.2) is 9.84 Å². The van der Waals surface area contributed by atoms with Crippen LogP contribution in [-0.2, 0) is 57.9 Å². The number of anilines is 1. The van der Waals surface area contributed by atoms with Crippen molar-refractivity contribution in [2.24, 2.45) is 5.41 Å². The van der Waals surface area contributed by atoms with E-state index in [9.17, 15) is 32.7 Å². The van der Waals surface area contributed by atoms with E-state index in [0.717, 1.165) is 77.7 Å². The lowest BCUT2D eigenvalue weighted by atomic mass is 9.85. The van der Waals surface area contributed by atoms with Crippen LogP contribution in [0.3, 0.4) is 0 Å². The molecular weight excluding hydrogens is 1090 g/mol. The van der Waals surface area contributed by atoms with Crippen molar-refractivity contribution in [3.63, 3.8) is 0 Å². The van der Waals surface area contributed by atoms with E-state index < -0.39 is 50.5 Å². The molecule has 3 N–H and O–H groups in total. The molecule has 3 aliphatic rings. The Labute approximate surface area is 484 Å². The van der Waals surface area contributed by atoms with E-state index in [0.29, 0.717) is 47.7 Å². The standard InChI is InChI=1S/C59H76ClN9O10S2/c1-38(2)81(75,76)51-11-9-8-10-43(51)28-48-47(60)33-61-52(64-48)29-42-16-17-45(30-50(42)77-7)66-20-18-44(19-21-66)67-22-24-68(25-23-67)54(72)36-79-27-26-78-35-53(71)65-56(59(4,5)6)58(74)69-34-46(70)31-49(69)57(73)62-32-40-12-14-41(15-13-40)55-39(3)63-37-80-55/h8-17,30,33,37-38,44,46,49,56,70H,18-29,31-32,34-36H2,1-7H3,(H,62,73)(H,65,71)/t46-,49+,56-/m1/s1. The van der Waals surface area contributed by atoms with Gasteiger partial charge in [0.25, 0.3) is 0 Å². The van der Waals surface area contributed by atoms with Gasteiger partial charge < -0.3 is 44.7 Å². The summed E-state index contributed by atoms with van der Waals surface area (Å²) < 4.78 is 43.4. The molecule has 0 aliphatic carbocycles. The number of benzene rings is 3. The fourth-order valence-corrected chi connectivity index (χ4v) is 12.9. The van der Waals surface area contributed by atoms with Crippen molar-refractivity contribution in [3.05, 3.63) is 117 Å². The third-order valence-corrected chi connectivity index (χ3v) is 18.8. The number of aromatic nitrogens is 3. The number of carbonyl (C=O) groups excluding carboxylic acids is 4. The highest BCUT2D eigenvalue weighted by Gasteiger charge is 2.44. The molecule has 436 valence electrons. The van der Waals surface area contributed by atoms with Crippen LogP contribution in [-0.4, -0.2) is 176 Å². The summed E-state index contributed by atoms with van der Waals surface area (Å²) in [7, 11) is -1.86. The van der Waals surface area contributed by atoms with Crippen LogP contribution in [0.15, 0.2) is 83.3 Å². The van der Waals surface area contributed by atoms with Gasteiger partial charge >= 0.3 is 0 Å². The summed E-state index contributed by atoms with van der Waals surface area (Å²) in [4.78, 5) is 76.8. The first-order valence-electron chi connectivity index (χ1n) is 27.7. The number of β-amino-alcohol motifs (C(OH)–C–C–N with tert-alkyl or cyclic N) is 1. The fourth-order valence-electron chi connectivity index (χ4n) is 10.6. The van der Waals surface area contributed by atoms with Crippen LogP contribution in [0, 0.1) is 12.3 Å². The van der Waals surface area contributed by atoms with Crippen molar-refractivity contribution in [1.29, 1.82) is 0 Å². The normalized spacial score (nSPS) is 17.8. The van der Waals surface area contributed by atoms with Gasteiger partial charge in [0.1, 0.15) is 36.9 Å². The smallest absolute Gasteiger partial charge is 0.248 e. The first-order valence-corrected chi connectivity index (χ1v) is 30.5. The Hall–Kier alpha value is -6.07. The van der Waals surface area contributed by atoms with E-state index in [2.05, 4.69) is 42.5 Å². The third kappa shape index (κ3) is 15.5. The Morgan fingerprint density at radius 3 is 2.26 bits per heavy atom. The molecule has 5 heterocycles. The van der Waals surface area contributed by atoms with Crippen LogP contribution in [0.2, 0.25) is 5.02 Å². The Kier molecular flexibility index (Phi) is 20.6. The molecule has 5 aromatic rings. The highest BCUT2D eigenvalue weighted by atomic mass is 35.5. The molecule has 3 fully saturated rings. The summed E-state index contributed by atoms with van der Waals surface area (Å²) in [6.07, 6.45) is 3.35. The largest absolute Gasteiger partial charge is 0.496 e. The van der Waals surface area contributed by atoms with Crippen LogP contribution in [0.5, 0.6) is 5.75 Å². The first-order chi connectivity index (χ1) is 38.7. The lowest BCUT2D eigenvalue weighted by Crippen LogP contribution is -2.58. The van der Waals surface area contributed by atoms with Gasteiger partial charge in [0.05, 0.1) is 63.4 Å². The molecule has 0 spiro atoms. The number of halogens is 1. The van der Waals surface area contributed by atoms with Crippen molar-refractivity contribution in [3.8, 4) is 16.2 Å². The SMILES string of the molecule is COc1cc(N2CCC(N3CCN(C(=O)COCCOCC(=O)N[C@H](C(=O)N4C[C@H](O)C[C@H]4C(=O)NCc4ccc(-c5scnc5C)cc4)C(C)(C)C)CC3)CC2)ccc1Cc1ncc(Cl)c(Cc2ccccc2S(=O)(=O)C(C)C)n1. The minimum absolute atomic E-state index is 0.0372. The minimum atomic E-state index is -3.51. The quantitative estimate of drug-likeness (QED) is 0.0687. The molecule has 8 rings (SSSR count). The zero-order valence-corrected chi connectivity index (χ0v) is 49.7. The van der Waals surface area contributed by atoms with Gasteiger partial charge in [-0.2, -0.15) is 0 Å². The molecule has 4 amide bonds. The number of aliphatic hydroxyl groups excluding tert-OH is 1. The van der Waals surface area contributed by atoms with Gasteiger partial charge in [-0.15, -0.1) is 11.3 Å². The number of amides is 4. The molecule has 0 unspecified atom stereocenters. The van der Waals surface area contributed by atoms with Crippen LogP contribution < -0.4 is 20.3 Å². The first kappa shape index (κ1) is 61.0. The number of hydrogen-bond donors (Lipinski definition) is 3. The lowest BCUT2D eigenvalue weighted by molar-refractivity contribution is -0.144. The molecule has 22 heteroatoms. The highest BCUT2D eigenvalue weighted by Crippen LogP contribution is 2.33. The van der Waals surface area contributed by atoms with E-state index in [-0.39, 0.29) is 69.1 Å². The second kappa shape index (κ2) is 27.3. The van der Waals surface area contributed by atoms with E-state index in [1.165, 1.54) is 4.90 Å². The van der Waals surface area contributed by atoms with Gasteiger partial charge in [-0.1, -0.05) is 80.9 Å². The summed E-state index contributed by atoms with van der Waals surface area (Å²) in [6.45, 7) is 15.1. The maximum absolute atomic E-state index is 14.0. The maximum atomic E-state index is 14.0. The topological polar surface area (TPSA) is 226 Å². The number of sulfone groups is 1. The number of nitrogens with one attached hydrogen (secondary N) is 2. The monoisotopic (exact) mass is 1170 g/mol. The zero-order chi connectivity index (χ0) is 58.0. The van der Waals surface area contributed by atoms with Crippen molar-refractivity contribution in [1.82, 2.24) is 40.3 Å². The van der Waals surface area contributed by atoms with Crippen molar-refractivity contribution < 1.29 is 46.9 Å². The van der Waals surface area contributed by atoms with E-state index in [4.69, 9.17) is 30.8 Å². The summed E-state index contributed by atoms with van der Waals surface area (Å²) in [6, 6.07) is 19.5. The summed E-state index contributed by atoms with van der Waals surface area (Å²) in [5.74, 6) is -0.212. The van der Waals surface area contributed by atoms with Crippen LogP contribution in [0.1, 0.15) is 87.8 Å². The highest BCUT2D eigenvalue weighted by molar-refractivity contribution is 7.92. The average Bonchev–Trinajstić information content (AvgIpc) is 4.09. The molecule has 0 bridgehead atoms. The Morgan fingerprint density at radius 2 is 1.59 bits per heavy atom. The number of nitrogens with zero attached hydrogens (tertiary/aromatic N) is 7. The predicted octanol–water partition coefficient (Wildman–Crippen LogP) is 5.89. The second-order valence-corrected chi connectivity index (χ2v) is 26.1. The third-order valence-electron chi connectivity index (χ3n) is 15.3. The van der Waals surface area contributed by atoms with E-state index in [1.54, 1.807) is 56.7 Å². The van der Waals surface area contributed by atoms with Crippen molar-refractivity contribution in [2.45, 2.75) is 115 Å². The number of likely N-dealkylation sites (tertiary alicyclic amines) is 1. The van der Waals surface area contributed by atoms with Crippen LogP contribution >= 0.6 is 22.9 Å². The Morgan fingerprint density at radius 1 is 0.889 bits per heavy atom. The molecule has 3 saturated heterocycles. The number of piperidine rings is 1. The molecule has 0 radical (unpaired) electrons. The number of ether oxygens (including phenoxy) is 3. The van der Waals surface area contributed by atoms with Gasteiger partial charge in [0.2, 0.25) is 23.6 Å². The number of aliphatic hydroxyl groups is 1. The van der Waals surface area contributed by atoms with Gasteiger partial charge in [-0.25, -0.2) is 23.4 Å². The number of methoxy groups -OCH3 is 1. The Balaban J connectivity index is 0.722. The molecule has 2 aromatic heterocycles. The van der Waals surface area contributed by atoms with Crippen molar-refractivity contribution in [2.75, 3.05) is 84.3 Å². The van der Waals surface area contributed by atoms with Gasteiger partial charge in [-0.05, 0) is 67.9 Å². The molecule has 3 aromatic carbocycles. The van der Waals surface area contributed by atoms with Crippen LogP contribution in [0.4, 0.5) is 5.69 Å². The predicted molar refractivity (Wildman–Crippen MR) is 311 cm³/mol. The van der Waals surface area contributed by atoms with Crippen LogP contribution in [0.25, 0.3) is 10.4 Å². The molecule has 3 atom stereocenters. The lowest BCUT2D eigenvalue weighted by Gasteiger charge is -2.43. The van der Waals surface area contributed by atoms with Gasteiger partial charge in [-0.3, -0.25) is 24.1 Å². The maximum Gasteiger partial charge on any atom is 0.248 e. The number of carbonyl (C=O) groups is 4. The summed E-state index contributed by atoms with van der Waals surface area (Å²) in [5.41, 5.74) is 7.12. The zero-order valence-electron chi connectivity index (χ0n) is 47.4. The number of thiazole rings is 1. The molecular formula is C59H76ClN9O10S2. The molecule has 19 nitrogen and oxygen atoms in total. The molecule has 0 saturated carbocycles. The molecule has 3 aliphatic heterocycles. The van der Waals surface area contributed by atoms with Gasteiger partial charge in [0, 0.05) is 101 Å². The second-order valence-electron chi connectivity index (χ2n) is 22.3. The average molecular weight is 1170 g/mol. The summed E-state index contributed by atoms with van der Waals surface area (Å²) in [5, 5.41) is 16.1. The molecule has 81 heavy (non-hydrogen) atoms. The fraction of sp³-hybridized carbons (Fsp3) is 0.508. The Bertz CT molecular complexity index is 3100. The minimum Gasteiger partial charge on any atom is -0.496 e. The number of piperazine rings is 1. The summed E-state index contributed by atoms with van der Waals surface area (Å²) >= 11 is 8.13. The number of aryl methyl sites for hydroxylation is 1. The number of hydrogen-bond acceptors (Lipinski definition) is 16. The number of rotatable bonds is 22. The van der Waals surface area contributed by atoms with E-state index in [1.807, 2.05) is 74.5 Å².